The number of methoxy groups -OCH3 is 1. The molecule has 0 heterocycles. The maximum atomic E-state index is 11.9. The number of aryl methyl sites for hydroxylation is 2. The van der Waals surface area contributed by atoms with Gasteiger partial charge in [0.05, 0.1) is 6.04 Å². The third-order valence-corrected chi connectivity index (χ3v) is 3.04. The van der Waals surface area contributed by atoms with Gasteiger partial charge in [-0.2, -0.15) is 0 Å². The van der Waals surface area contributed by atoms with E-state index in [1.807, 2.05) is 32.0 Å². The molecule has 0 bridgehead atoms. The summed E-state index contributed by atoms with van der Waals surface area (Å²) in [5.41, 5.74) is 9.22. The van der Waals surface area contributed by atoms with Gasteiger partial charge in [-0.25, -0.2) is 0 Å². The van der Waals surface area contributed by atoms with Crippen LogP contribution in [-0.2, 0) is 16.0 Å². The highest BCUT2D eigenvalue weighted by Crippen LogP contribution is 2.14. The molecule has 3 heteroatoms. The van der Waals surface area contributed by atoms with Crippen LogP contribution in [0.3, 0.4) is 0 Å². The van der Waals surface area contributed by atoms with Crippen LogP contribution in [0.2, 0.25) is 0 Å². The highest BCUT2D eigenvalue weighted by molar-refractivity contribution is 5.86. The summed E-state index contributed by atoms with van der Waals surface area (Å²) in [5, 5.41) is 0. The van der Waals surface area contributed by atoms with Crippen molar-refractivity contribution in [2.75, 3.05) is 13.7 Å². The molecule has 0 aromatic heterocycles. The van der Waals surface area contributed by atoms with Crippen LogP contribution in [0, 0.1) is 13.8 Å². The molecule has 0 fully saturated rings. The molecular formula is C14H21NO2. The number of hydrogen-bond donors (Lipinski definition) is 1. The van der Waals surface area contributed by atoms with Gasteiger partial charge in [0.2, 0.25) is 0 Å². The zero-order chi connectivity index (χ0) is 12.8. The van der Waals surface area contributed by atoms with Gasteiger partial charge < -0.3 is 10.5 Å². The Labute approximate surface area is 103 Å². The summed E-state index contributed by atoms with van der Waals surface area (Å²) in [7, 11) is 1.61. The maximum absolute atomic E-state index is 11.9. The molecule has 1 rings (SSSR count). The number of nitrogens with two attached hydrogens (primary N) is 1. The van der Waals surface area contributed by atoms with Crippen molar-refractivity contribution in [2.45, 2.75) is 32.7 Å². The summed E-state index contributed by atoms with van der Waals surface area (Å²) in [6.07, 6.45) is 1.00. The number of hydrogen-bond acceptors (Lipinski definition) is 3. The number of benzene rings is 1. The minimum Gasteiger partial charge on any atom is -0.385 e. The van der Waals surface area contributed by atoms with E-state index in [0.29, 0.717) is 19.4 Å². The molecule has 2 N–H and O–H groups in total. The van der Waals surface area contributed by atoms with E-state index in [2.05, 4.69) is 0 Å². The third kappa shape index (κ3) is 3.95. The topological polar surface area (TPSA) is 52.3 Å². The maximum Gasteiger partial charge on any atom is 0.153 e. The first-order valence-electron chi connectivity index (χ1n) is 5.88. The Kier molecular flexibility index (Phi) is 5.32. The average Bonchev–Trinajstić information content (AvgIpc) is 2.30. The molecule has 0 aliphatic rings. The van der Waals surface area contributed by atoms with Gasteiger partial charge in [0, 0.05) is 20.1 Å². The highest BCUT2D eigenvalue weighted by Gasteiger charge is 2.15. The lowest BCUT2D eigenvalue weighted by Gasteiger charge is -2.13. The van der Waals surface area contributed by atoms with Gasteiger partial charge in [0.25, 0.3) is 0 Å². The summed E-state index contributed by atoms with van der Waals surface area (Å²) < 4.78 is 4.93. The van der Waals surface area contributed by atoms with Crippen LogP contribution in [0.5, 0.6) is 0 Å². The molecule has 0 radical (unpaired) electrons. The van der Waals surface area contributed by atoms with Gasteiger partial charge >= 0.3 is 0 Å². The number of ketones is 1. The van der Waals surface area contributed by atoms with Crippen LogP contribution < -0.4 is 5.73 Å². The Balaban J connectivity index is 2.68. The van der Waals surface area contributed by atoms with Gasteiger partial charge in [-0.15, -0.1) is 0 Å². The largest absolute Gasteiger partial charge is 0.385 e. The van der Waals surface area contributed by atoms with Gasteiger partial charge in [0.1, 0.15) is 0 Å². The molecule has 0 aliphatic heterocycles. The molecule has 1 aromatic rings. The zero-order valence-corrected chi connectivity index (χ0v) is 10.8. The number of carbonyl (C=O) groups excluding carboxylic acids is 1. The minimum atomic E-state index is -0.422. The van der Waals surface area contributed by atoms with E-state index in [9.17, 15) is 4.79 Å². The lowest BCUT2D eigenvalue weighted by Crippen LogP contribution is -2.33. The summed E-state index contributed by atoms with van der Waals surface area (Å²) in [4.78, 5) is 11.9. The first-order chi connectivity index (χ1) is 8.06. The fraction of sp³-hybridized carbons (Fsp3) is 0.500. The van der Waals surface area contributed by atoms with Crippen molar-refractivity contribution in [3.05, 3.63) is 34.9 Å². The quantitative estimate of drug-likeness (QED) is 0.817. The molecule has 0 saturated heterocycles. The van der Waals surface area contributed by atoms with Gasteiger partial charge in [-0.3, -0.25) is 4.79 Å². The summed E-state index contributed by atoms with van der Waals surface area (Å²) in [6, 6.07) is 5.63. The minimum absolute atomic E-state index is 0.0828. The van der Waals surface area contributed by atoms with Crippen molar-refractivity contribution in [3.63, 3.8) is 0 Å². The number of ether oxygens (including phenoxy) is 1. The molecule has 0 spiro atoms. The van der Waals surface area contributed by atoms with Gasteiger partial charge in [-0.1, -0.05) is 18.2 Å². The summed E-state index contributed by atoms with van der Waals surface area (Å²) >= 11 is 0. The second-order valence-corrected chi connectivity index (χ2v) is 4.40. The standard InChI is InChI=1S/C14H21NO2/c1-10-5-4-6-11(2)12(10)9-14(16)13(15)7-8-17-3/h4-6,13H,7-9,15H2,1-3H3. The highest BCUT2D eigenvalue weighted by atomic mass is 16.5. The number of carbonyl (C=O) groups is 1. The van der Waals surface area contributed by atoms with E-state index in [1.54, 1.807) is 7.11 Å². The molecule has 1 unspecified atom stereocenters. The molecule has 0 amide bonds. The first-order valence-corrected chi connectivity index (χ1v) is 5.88. The van der Waals surface area contributed by atoms with E-state index < -0.39 is 6.04 Å². The SMILES string of the molecule is COCCC(N)C(=O)Cc1c(C)cccc1C. The second-order valence-electron chi connectivity index (χ2n) is 4.40. The lowest BCUT2D eigenvalue weighted by molar-refractivity contribution is -0.120. The van der Waals surface area contributed by atoms with Crippen molar-refractivity contribution in [1.82, 2.24) is 0 Å². The fourth-order valence-electron chi connectivity index (χ4n) is 1.84. The molecule has 0 saturated carbocycles. The Morgan fingerprint density at radius 3 is 2.47 bits per heavy atom. The second kappa shape index (κ2) is 6.52. The van der Waals surface area contributed by atoms with E-state index in [1.165, 1.54) is 0 Å². The molecule has 94 valence electrons. The third-order valence-electron chi connectivity index (χ3n) is 3.04. The number of rotatable bonds is 6. The molecule has 1 atom stereocenters. The molecule has 17 heavy (non-hydrogen) atoms. The summed E-state index contributed by atoms with van der Waals surface area (Å²) in [6.45, 7) is 4.58. The van der Waals surface area contributed by atoms with Crippen molar-refractivity contribution >= 4 is 5.78 Å². The van der Waals surface area contributed by atoms with E-state index in [0.717, 1.165) is 16.7 Å². The predicted octanol–water partition coefficient (Wildman–Crippen LogP) is 1.78. The molecule has 1 aromatic carbocycles. The first kappa shape index (κ1) is 13.9. The smallest absolute Gasteiger partial charge is 0.153 e. The Hall–Kier alpha value is -1.19. The van der Waals surface area contributed by atoms with Crippen molar-refractivity contribution in [2.24, 2.45) is 5.73 Å². The fourth-order valence-corrected chi connectivity index (χ4v) is 1.84. The lowest BCUT2D eigenvalue weighted by atomic mass is 9.95. The molecule has 0 aliphatic carbocycles. The van der Waals surface area contributed by atoms with Crippen molar-refractivity contribution in [3.8, 4) is 0 Å². The van der Waals surface area contributed by atoms with E-state index in [4.69, 9.17) is 10.5 Å². The summed E-state index contributed by atoms with van der Waals surface area (Å²) in [5.74, 6) is 0.0828. The monoisotopic (exact) mass is 235 g/mol. The van der Waals surface area contributed by atoms with Crippen molar-refractivity contribution in [1.29, 1.82) is 0 Å². The zero-order valence-electron chi connectivity index (χ0n) is 10.8. The van der Waals surface area contributed by atoms with Crippen LogP contribution in [0.1, 0.15) is 23.1 Å². The van der Waals surface area contributed by atoms with Crippen LogP contribution in [0.15, 0.2) is 18.2 Å². The Morgan fingerprint density at radius 1 is 1.35 bits per heavy atom. The van der Waals surface area contributed by atoms with Crippen LogP contribution in [0.25, 0.3) is 0 Å². The van der Waals surface area contributed by atoms with Crippen LogP contribution in [0.4, 0.5) is 0 Å². The molecular weight excluding hydrogens is 214 g/mol. The van der Waals surface area contributed by atoms with Gasteiger partial charge in [-0.05, 0) is 37.0 Å². The Bertz CT molecular complexity index is 368. The van der Waals surface area contributed by atoms with Crippen molar-refractivity contribution < 1.29 is 9.53 Å². The average molecular weight is 235 g/mol. The number of Topliss-reactive ketones (excluding diaryl/α,β-unsaturated/α-hetero) is 1. The Morgan fingerprint density at radius 2 is 1.94 bits per heavy atom. The van der Waals surface area contributed by atoms with E-state index >= 15 is 0 Å². The molecule has 3 nitrogen and oxygen atoms in total. The van der Waals surface area contributed by atoms with Gasteiger partial charge in [0.15, 0.2) is 5.78 Å². The predicted molar refractivity (Wildman–Crippen MR) is 69.1 cm³/mol. The van der Waals surface area contributed by atoms with Crippen LogP contribution >= 0.6 is 0 Å². The normalized spacial score (nSPS) is 12.5. The van der Waals surface area contributed by atoms with Crippen LogP contribution in [-0.4, -0.2) is 25.5 Å². The van der Waals surface area contributed by atoms with E-state index in [-0.39, 0.29) is 5.78 Å².